The van der Waals surface area contributed by atoms with Crippen molar-refractivity contribution < 1.29 is 32.9 Å². The molecule has 0 saturated carbocycles. The zero-order valence-electron chi connectivity index (χ0n) is 52.0. The van der Waals surface area contributed by atoms with E-state index in [1.165, 1.54) is 295 Å². The van der Waals surface area contributed by atoms with Crippen LogP contribution in [0.4, 0.5) is 0 Å². The molecule has 0 aromatic rings. The summed E-state index contributed by atoms with van der Waals surface area (Å²) in [6.07, 6.45) is 74.7. The number of allylic oxidation sites excluding steroid dienone is 2. The van der Waals surface area contributed by atoms with Gasteiger partial charge in [0.25, 0.3) is 0 Å². The van der Waals surface area contributed by atoms with E-state index in [1.54, 1.807) is 0 Å². The maximum Gasteiger partial charge on any atom is 0.472 e. The molecule has 8 nitrogen and oxygen atoms in total. The van der Waals surface area contributed by atoms with E-state index >= 15 is 0 Å². The van der Waals surface area contributed by atoms with E-state index in [-0.39, 0.29) is 19.1 Å². The molecule has 0 heterocycles. The summed E-state index contributed by atoms with van der Waals surface area (Å²) in [7, 11) is 1.64. The molecule has 3 N–H and O–H groups in total. The minimum absolute atomic E-state index is 0.0785. The van der Waals surface area contributed by atoms with Crippen molar-refractivity contribution in [1.82, 2.24) is 5.32 Å². The molecule has 454 valence electrons. The van der Waals surface area contributed by atoms with Gasteiger partial charge in [0.15, 0.2) is 0 Å². The molecule has 0 aliphatic heterocycles. The lowest BCUT2D eigenvalue weighted by atomic mass is 10.0. The number of unbranched alkanes of at least 4 members (excludes halogenated alkanes) is 49. The van der Waals surface area contributed by atoms with E-state index in [0.29, 0.717) is 23.9 Å². The first-order valence-electron chi connectivity index (χ1n) is 34.1. The molecular weight excluding hydrogens is 960 g/mol. The van der Waals surface area contributed by atoms with Crippen molar-refractivity contribution in [2.75, 3.05) is 40.9 Å². The van der Waals surface area contributed by atoms with Crippen LogP contribution in [-0.2, 0) is 18.4 Å². The van der Waals surface area contributed by atoms with Gasteiger partial charge in [-0.3, -0.25) is 13.8 Å². The lowest BCUT2D eigenvalue weighted by molar-refractivity contribution is -0.870. The maximum absolute atomic E-state index is 13.0. The van der Waals surface area contributed by atoms with Gasteiger partial charge in [0.2, 0.25) is 5.91 Å². The smallest absolute Gasteiger partial charge is 0.391 e. The number of nitrogens with one attached hydrogen (secondary N) is 1. The number of aliphatic hydroxyl groups is 1. The number of likely N-dealkylation sites (N-methyl/N-ethyl adjacent to an activating group) is 1. The molecule has 0 aliphatic rings. The Labute approximate surface area is 475 Å². The van der Waals surface area contributed by atoms with Crippen LogP contribution in [0.15, 0.2) is 12.2 Å². The van der Waals surface area contributed by atoms with Crippen molar-refractivity contribution in [2.24, 2.45) is 0 Å². The quantitative estimate of drug-likeness (QED) is 0.0243. The Morgan fingerprint density at radius 2 is 0.711 bits per heavy atom. The number of phosphoric ester groups is 1. The van der Waals surface area contributed by atoms with Gasteiger partial charge >= 0.3 is 7.82 Å². The largest absolute Gasteiger partial charge is 0.472 e. The average molecular weight is 1100 g/mol. The molecule has 0 spiro atoms. The van der Waals surface area contributed by atoms with Gasteiger partial charge in [0.05, 0.1) is 39.9 Å². The van der Waals surface area contributed by atoms with Crippen LogP contribution in [0.25, 0.3) is 0 Å². The van der Waals surface area contributed by atoms with Crippen LogP contribution in [0, 0.1) is 0 Å². The highest BCUT2D eigenvalue weighted by Gasteiger charge is 2.28. The van der Waals surface area contributed by atoms with Crippen LogP contribution in [0.5, 0.6) is 0 Å². The highest BCUT2D eigenvalue weighted by atomic mass is 31.2. The topological polar surface area (TPSA) is 105 Å². The highest BCUT2D eigenvalue weighted by Crippen LogP contribution is 2.43. The number of carbonyl (C=O) groups excluding carboxylic acids is 1. The van der Waals surface area contributed by atoms with Gasteiger partial charge in [-0.1, -0.05) is 328 Å². The van der Waals surface area contributed by atoms with Gasteiger partial charge in [-0.05, 0) is 38.5 Å². The van der Waals surface area contributed by atoms with Crippen LogP contribution in [0.2, 0.25) is 0 Å². The maximum atomic E-state index is 13.0. The number of rotatable bonds is 64. The fourth-order valence-electron chi connectivity index (χ4n) is 10.7. The Morgan fingerprint density at radius 3 is 1.01 bits per heavy atom. The first-order chi connectivity index (χ1) is 37.0. The minimum atomic E-state index is -4.32. The standard InChI is InChI=1S/C67H135N2O6P/c1-6-8-10-12-14-16-18-20-22-23-24-25-26-27-28-29-30-31-32-33-34-35-36-37-38-39-40-41-42-43-44-45-47-49-51-53-55-57-59-61-67(71)68-65(64-75-76(72,73)74-63-62-69(3,4)5)66(70)60-58-56-54-52-50-48-46-21-19-17-15-13-11-9-7-2/h23-24,65-66,70H,6-22,25-64H2,1-5H3,(H-,68,71,72,73)/p+1/b24-23-. The summed E-state index contributed by atoms with van der Waals surface area (Å²) in [5.74, 6) is -0.136. The van der Waals surface area contributed by atoms with E-state index in [0.717, 1.165) is 38.5 Å². The molecule has 0 fully saturated rings. The monoisotopic (exact) mass is 1100 g/mol. The molecule has 0 saturated heterocycles. The molecular formula is C67H136N2O6P+. The first kappa shape index (κ1) is 75.2. The number of aliphatic hydroxyl groups excluding tert-OH is 1. The molecule has 9 heteroatoms. The third-order valence-electron chi connectivity index (χ3n) is 16.0. The summed E-state index contributed by atoms with van der Waals surface area (Å²) in [6, 6.07) is -0.756. The fourth-order valence-corrected chi connectivity index (χ4v) is 11.4. The molecule has 3 unspecified atom stereocenters. The van der Waals surface area contributed by atoms with Gasteiger partial charge in [-0.25, -0.2) is 4.57 Å². The molecule has 0 rings (SSSR count). The molecule has 0 radical (unpaired) electrons. The Balaban J connectivity index is 3.83. The number of nitrogens with zero attached hydrogens (tertiary/aromatic N) is 1. The van der Waals surface area contributed by atoms with Gasteiger partial charge in [0.1, 0.15) is 13.2 Å². The molecule has 0 aliphatic carbocycles. The van der Waals surface area contributed by atoms with Crippen molar-refractivity contribution in [3.63, 3.8) is 0 Å². The number of phosphoric acid groups is 1. The van der Waals surface area contributed by atoms with Crippen molar-refractivity contribution in [3.05, 3.63) is 12.2 Å². The number of hydrogen-bond donors (Lipinski definition) is 3. The summed E-state index contributed by atoms with van der Waals surface area (Å²) < 4.78 is 23.8. The predicted octanol–water partition coefficient (Wildman–Crippen LogP) is 21.3. The molecule has 0 aromatic heterocycles. The zero-order chi connectivity index (χ0) is 55.6. The molecule has 3 atom stereocenters. The molecule has 0 bridgehead atoms. The summed E-state index contributed by atoms with van der Waals surface area (Å²) in [5.41, 5.74) is 0. The van der Waals surface area contributed by atoms with E-state index in [4.69, 9.17) is 9.05 Å². The van der Waals surface area contributed by atoms with E-state index in [1.807, 2.05) is 21.1 Å². The van der Waals surface area contributed by atoms with E-state index in [2.05, 4.69) is 31.3 Å². The average Bonchev–Trinajstić information content (AvgIpc) is 3.38. The molecule has 76 heavy (non-hydrogen) atoms. The van der Waals surface area contributed by atoms with Crippen LogP contribution >= 0.6 is 7.82 Å². The van der Waals surface area contributed by atoms with Gasteiger partial charge in [-0.2, -0.15) is 0 Å². The Bertz CT molecular complexity index is 1240. The Morgan fingerprint density at radius 1 is 0.434 bits per heavy atom. The Kier molecular flexibility index (Phi) is 58.3. The Hall–Kier alpha value is -0.760. The summed E-state index contributed by atoms with van der Waals surface area (Å²) in [6.45, 7) is 4.94. The second-order valence-corrected chi connectivity index (χ2v) is 26.4. The minimum Gasteiger partial charge on any atom is -0.391 e. The summed E-state index contributed by atoms with van der Waals surface area (Å²) >= 11 is 0. The van der Waals surface area contributed by atoms with Gasteiger partial charge < -0.3 is 19.8 Å². The van der Waals surface area contributed by atoms with Crippen molar-refractivity contribution in [1.29, 1.82) is 0 Å². The van der Waals surface area contributed by atoms with Crippen LogP contribution < -0.4 is 5.32 Å². The first-order valence-corrected chi connectivity index (χ1v) is 35.5. The fraction of sp³-hybridized carbons (Fsp3) is 0.955. The van der Waals surface area contributed by atoms with Gasteiger partial charge in [-0.15, -0.1) is 0 Å². The number of amides is 1. The van der Waals surface area contributed by atoms with Crippen LogP contribution in [-0.4, -0.2) is 73.4 Å². The van der Waals surface area contributed by atoms with E-state index < -0.39 is 20.0 Å². The summed E-state index contributed by atoms with van der Waals surface area (Å²) in [4.78, 5) is 23.4. The molecule has 0 aromatic carbocycles. The SMILES string of the molecule is CCCCCCCCCC/C=C\CCCCCCCCCCCCCCCCCCCCCCCCCCCCCC(=O)NC(COP(=O)(O)OCC[N+](C)(C)C)C(O)CCCCCCCCCCCCCCCCC. The number of quaternary nitrogens is 1. The van der Waals surface area contributed by atoms with Crippen LogP contribution in [0.1, 0.15) is 361 Å². The van der Waals surface area contributed by atoms with Crippen LogP contribution in [0.3, 0.4) is 0 Å². The predicted molar refractivity (Wildman–Crippen MR) is 332 cm³/mol. The van der Waals surface area contributed by atoms with Crippen molar-refractivity contribution in [3.8, 4) is 0 Å². The second-order valence-electron chi connectivity index (χ2n) is 24.9. The third kappa shape index (κ3) is 60.9. The third-order valence-corrected chi connectivity index (χ3v) is 17.0. The zero-order valence-corrected chi connectivity index (χ0v) is 52.9. The van der Waals surface area contributed by atoms with Crippen molar-refractivity contribution in [2.45, 2.75) is 373 Å². The lowest BCUT2D eigenvalue weighted by Gasteiger charge is -2.26. The summed E-state index contributed by atoms with van der Waals surface area (Å²) in [5, 5.41) is 14.1. The van der Waals surface area contributed by atoms with E-state index in [9.17, 15) is 19.4 Å². The number of hydrogen-bond acceptors (Lipinski definition) is 5. The number of carbonyl (C=O) groups is 1. The lowest BCUT2D eigenvalue weighted by Crippen LogP contribution is -2.46. The highest BCUT2D eigenvalue weighted by molar-refractivity contribution is 7.47. The van der Waals surface area contributed by atoms with Crippen molar-refractivity contribution >= 4 is 13.7 Å². The second kappa shape index (κ2) is 58.9. The molecule has 1 amide bonds. The normalized spacial score (nSPS) is 13.7. The van der Waals surface area contributed by atoms with Gasteiger partial charge in [0, 0.05) is 6.42 Å².